The Kier molecular flexibility index (Phi) is 6.18. The molecular formula is C22H23ClN2O3S. The Labute approximate surface area is 176 Å². The molecule has 3 aromatic rings. The predicted octanol–water partition coefficient (Wildman–Crippen LogP) is 3.85. The number of hydrogen-bond acceptors (Lipinski definition) is 4. The highest BCUT2D eigenvalue weighted by Crippen LogP contribution is 2.25. The molecule has 1 atom stereocenters. The Hall–Kier alpha value is -1.96. The Bertz CT molecular complexity index is 1100. The van der Waals surface area contributed by atoms with Gasteiger partial charge in [0, 0.05) is 30.7 Å². The second-order valence-electron chi connectivity index (χ2n) is 7.08. The maximum Gasteiger partial charge on any atom is 0.240 e. The summed E-state index contributed by atoms with van der Waals surface area (Å²) in [5.74, 6) is 0. The van der Waals surface area contributed by atoms with Gasteiger partial charge in [0.15, 0.2) is 0 Å². The monoisotopic (exact) mass is 430 g/mol. The second-order valence-corrected chi connectivity index (χ2v) is 9.28. The maximum absolute atomic E-state index is 13.0. The van der Waals surface area contributed by atoms with E-state index >= 15 is 0 Å². The van der Waals surface area contributed by atoms with Crippen LogP contribution in [0.3, 0.4) is 0 Å². The van der Waals surface area contributed by atoms with Crippen LogP contribution in [0.2, 0.25) is 5.02 Å². The SMILES string of the molecule is O=S(=O)(NCC(c1cccc(Cl)c1)N1CCOCC1)c1ccc2ccccc2c1. The average Bonchev–Trinajstić information content (AvgIpc) is 2.74. The van der Waals surface area contributed by atoms with Gasteiger partial charge in [0.25, 0.3) is 0 Å². The van der Waals surface area contributed by atoms with Gasteiger partial charge in [-0.05, 0) is 40.6 Å². The number of ether oxygens (including phenoxy) is 1. The molecular weight excluding hydrogens is 408 g/mol. The van der Waals surface area contributed by atoms with Crippen LogP contribution >= 0.6 is 11.6 Å². The standard InChI is InChI=1S/C22H23ClN2O3S/c23-20-7-3-6-19(14-20)22(25-10-12-28-13-11-25)16-24-29(26,27)21-9-8-17-4-1-2-5-18(17)15-21/h1-9,14-15,22,24H,10-13,16H2. The van der Waals surface area contributed by atoms with Gasteiger partial charge in [0.05, 0.1) is 18.1 Å². The third-order valence-corrected chi connectivity index (χ3v) is 6.87. The first kappa shape index (κ1) is 20.3. The average molecular weight is 431 g/mol. The second kappa shape index (κ2) is 8.81. The van der Waals surface area contributed by atoms with Crippen LogP contribution in [0.4, 0.5) is 0 Å². The Morgan fingerprint density at radius 2 is 1.72 bits per heavy atom. The van der Waals surface area contributed by atoms with Gasteiger partial charge < -0.3 is 4.74 Å². The van der Waals surface area contributed by atoms with Gasteiger partial charge in [-0.1, -0.05) is 54.1 Å². The number of sulfonamides is 1. The molecule has 0 aromatic heterocycles. The van der Waals surface area contributed by atoms with Crippen LogP contribution in [0.1, 0.15) is 11.6 Å². The number of morpholine rings is 1. The van der Waals surface area contributed by atoms with Crippen LogP contribution in [-0.4, -0.2) is 46.2 Å². The molecule has 3 aromatic carbocycles. The molecule has 0 spiro atoms. The first-order valence-electron chi connectivity index (χ1n) is 9.59. The van der Waals surface area contributed by atoms with E-state index < -0.39 is 10.0 Å². The highest BCUT2D eigenvalue weighted by atomic mass is 35.5. The molecule has 1 saturated heterocycles. The predicted molar refractivity (Wildman–Crippen MR) is 116 cm³/mol. The van der Waals surface area contributed by atoms with E-state index in [1.807, 2.05) is 54.6 Å². The summed E-state index contributed by atoms with van der Waals surface area (Å²) in [6.45, 7) is 3.02. The molecule has 1 unspecified atom stereocenters. The van der Waals surface area contributed by atoms with Gasteiger partial charge >= 0.3 is 0 Å². The molecule has 4 rings (SSSR count). The van der Waals surface area contributed by atoms with Crippen molar-refractivity contribution in [2.75, 3.05) is 32.8 Å². The van der Waals surface area contributed by atoms with Crippen LogP contribution in [0.5, 0.6) is 0 Å². The van der Waals surface area contributed by atoms with Crippen molar-refractivity contribution < 1.29 is 13.2 Å². The number of rotatable bonds is 6. The van der Waals surface area contributed by atoms with Crippen LogP contribution in [0, 0.1) is 0 Å². The van der Waals surface area contributed by atoms with Crippen molar-refractivity contribution in [3.8, 4) is 0 Å². The number of halogens is 1. The van der Waals surface area contributed by atoms with Crippen molar-refractivity contribution in [3.63, 3.8) is 0 Å². The van der Waals surface area contributed by atoms with E-state index in [0.29, 0.717) is 18.2 Å². The molecule has 152 valence electrons. The van der Waals surface area contributed by atoms with E-state index in [0.717, 1.165) is 29.4 Å². The third-order valence-electron chi connectivity index (χ3n) is 5.22. The first-order valence-corrected chi connectivity index (χ1v) is 11.4. The number of nitrogens with zero attached hydrogens (tertiary/aromatic N) is 1. The number of benzene rings is 3. The molecule has 5 nitrogen and oxygen atoms in total. The van der Waals surface area contributed by atoms with Crippen molar-refractivity contribution in [2.45, 2.75) is 10.9 Å². The van der Waals surface area contributed by atoms with Gasteiger partial charge in [-0.15, -0.1) is 0 Å². The summed E-state index contributed by atoms with van der Waals surface area (Å²) in [6.07, 6.45) is 0. The molecule has 1 fully saturated rings. The van der Waals surface area contributed by atoms with Gasteiger partial charge in [0.1, 0.15) is 0 Å². The van der Waals surface area contributed by atoms with Crippen molar-refractivity contribution in [3.05, 3.63) is 77.3 Å². The van der Waals surface area contributed by atoms with Crippen LogP contribution in [0.25, 0.3) is 10.8 Å². The van der Waals surface area contributed by atoms with Crippen LogP contribution < -0.4 is 4.72 Å². The maximum atomic E-state index is 13.0. The lowest BCUT2D eigenvalue weighted by Crippen LogP contribution is -2.43. The van der Waals surface area contributed by atoms with Gasteiger partial charge in [-0.25, -0.2) is 13.1 Å². The summed E-state index contributed by atoms with van der Waals surface area (Å²) < 4.78 is 34.2. The molecule has 0 amide bonds. The minimum absolute atomic E-state index is 0.118. The van der Waals surface area contributed by atoms with Gasteiger partial charge in [0.2, 0.25) is 10.0 Å². The quantitative estimate of drug-likeness (QED) is 0.645. The molecule has 0 bridgehead atoms. The number of fused-ring (bicyclic) bond motifs is 1. The fraction of sp³-hybridized carbons (Fsp3) is 0.273. The molecule has 0 aliphatic carbocycles. The van der Waals surface area contributed by atoms with E-state index in [1.165, 1.54) is 0 Å². The number of hydrogen-bond donors (Lipinski definition) is 1. The fourth-order valence-electron chi connectivity index (χ4n) is 3.67. The van der Waals surface area contributed by atoms with E-state index in [2.05, 4.69) is 9.62 Å². The molecule has 0 radical (unpaired) electrons. The zero-order valence-electron chi connectivity index (χ0n) is 15.9. The van der Waals surface area contributed by atoms with Gasteiger partial charge in [-0.3, -0.25) is 4.90 Å². The minimum atomic E-state index is -3.64. The van der Waals surface area contributed by atoms with Gasteiger partial charge in [-0.2, -0.15) is 0 Å². The zero-order valence-corrected chi connectivity index (χ0v) is 17.5. The van der Waals surface area contributed by atoms with E-state index in [1.54, 1.807) is 12.1 Å². The highest BCUT2D eigenvalue weighted by molar-refractivity contribution is 7.89. The lowest BCUT2D eigenvalue weighted by Gasteiger charge is -2.35. The molecule has 1 aliphatic rings. The van der Waals surface area contributed by atoms with E-state index in [-0.39, 0.29) is 17.5 Å². The smallest absolute Gasteiger partial charge is 0.240 e. The Morgan fingerprint density at radius 3 is 2.48 bits per heavy atom. The largest absolute Gasteiger partial charge is 0.379 e. The van der Waals surface area contributed by atoms with Crippen molar-refractivity contribution in [1.82, 2.24) is 9.62 Å². The molecule has 29 heavy (non-hydrogen) atoms. The summed E-state index contributed by atoms with van der Waals surface area (Å²) in [7, 11) is -3.64. The number of nitrogens with one attached hydrogen (secondary N) is 1. The minimum Gasteiger partial charge on any atom is -0.379 e. The fourth-order valence-corrected chi connectivity index (χ4v) is 4.94. The van der Waals surface area contributed by atoms with Crippen molar-refractivity contribution >= 4 is 32.4 Å². The zero-order chi connectivity index (χ0) is 20.3. The Morgan fingerprint density at radius 1 is 0.966 bits per heavy atom. The summed E-state index contributed by atoms with van der Waals surface area (Å²) in [4.78, 5) is 2.50. The summed E-state index contributed by atoms with van der Waals surface area (Å²) >= 11 is 6.19. The Balaban J connectivity index is 1.58. The lowest BCUT2D eigenvalue weighted by molar-refractivity contribution is 0.0172. The summed E-state index contributed by atoms with van der Waals surface area (Å²) in [5, 5.41) is 2.55. The van der Waals surface area contributed by atoms with Crippen molar-refractivity contribution in [1.29, 1.82) is 0 Å². The van der Waals surface area contributed by atoms with Crippen molar-refractivity contribution in [2.24, 2.45) is 0 Å². The van der Waals surface area contributed by atoms with Crippen LogP contribution in [0.15, 0.2) is 71.6 Å². The molecule has 0 saturated carbocycles. The summed E-state index contributed by atoms with van der Waals surface area (Å²) in [5.41, 5.74) is 0.987. The summed E-state index contributed by atoms with van der Waals surface area (Å²) in [6, 6.07) is 20.4. The van der Waals surface area contributed by atoms with Crippen LogP contribution in [-0.2, 0) is 14.8 Å². The molecule has 1 heterocycles. The first-order chi connectivity index (χ1) is 14.0. The third kappa shape index (κ3) is 4.79. The topological polar surface area (TPSA) is 58.6 Å². The normalized spacial score (nSPS) is 16.7. The molecule has 1 aliphatic heterocycles. The van der Waals surface area contributed by atoms with E-state index in [9.17, 15) is 8.42 Å². The highest BCUT2D eigenvalue weighted by Gasteiger charge is 2.25. The van der Waals surface area contributed by atoms with E-state index in [4.69, 9.17) is 16.3 Å². The molecule has 7 heteroatoms. The molecule has 1 N–H and O–H groups in total. The lowest BCUT2D eigenvalue weighted by atomic mass is 10.1.